The molecule has 2 aliphatic carbocycles. The molecule has 2 aromatic rings. The minimum Gasteiger partial charge on any atom is -0.375 e. The maximum absolute atomic E-state index is 12.6. The minimum absolute atomic E-state index is 0.0822. The van der Waals surface area contributed by atoms with E-state index < -0.39 is 0 Å². The first-order valence-corrected chi connectivity index (χ1v) is 10.9. The Bertz CT molecular complexity index is 1040. The van der Waals surface area contributed by atoms with Crippen molar-refractivity contribution in [1.29, 1.82) is 5.26 Å². The van der Waals surface area contributed by atoms with Gasteiger partial charge < -0.3 is 10.1 Å². The Balaban J connectivity index is 1.29. The van der Waals surface area contributed by atoms with E-state index in [1.165, 1.54) is 0 Å². The lowest BCUT2D eigenvalue weighted by Crippen LogP contribution is -2.46. The Hall–Kier alpha value is -2.49. The van der Waals surface area contributed by atoms with Crippen LogP contribution in [0, 0.1) is 16.7 Å². The van der Waals surface area contributed by atoms with Gasteiger partial charge in [-0.3, -0.25) is 9.69 Å². The zero-order valence-electron chi connectivity index (χ0n) is 17.6. The third-order valence-corrected chi connectivity index (χ3v) is 7.22. The molecular weight excluding hydrogens is 376 g/mol. The number of morpholine rings is 1. The molecule has 30 heavy (non-hydrogen) atoms. The summed E-state index contributed by atoms with van der Waals surface area (Å²) in [5.74, 6) is 0.463. The molecule has 1 amide bonds. The quantitative estimate of drug-likeness (QED) is 0.824. The summed E-state index contributed by atoms with van der Waals surface area (Å²) < 4.78 is 5.78. The lowest BCUT2D eigenvalue weighted by atomic mass is 9.92. The van der Waals surface area contributed by atoms with Crippen LogP contribution in [-0.4, -0.2) is 47.6 Å². The number of carbonyl (C=O) groups is 1. The first kappa shape index (κ1) is 19.5. The van der Waals surface area contributed by atoms with Gasteiger partial charge in [-0.15, -0.1) is 0 Å². The summed E-state index contributed by atoms with van der Waals surface area (Å²) in [6.45, 7) is 6.68. The van der Waals surface area contributed by atoms with Crippen LogP contribution < -0.4 is 5.32 Å². The number of fused-ring (bicyclic) bond motifs is 1. The van der Waals surface area contributed by atoms with E-state index in [-0.39, 0.29) is 22.8 Å². The van der Waals surface area contributed by atoms with E-state index in [2.05, 4.69) is 47.3 Å². The van der Waals surface area contributed by atoms with Crippen molar-refractivity contribution >= 4 is 22.5 Å². The summed E-state index contributed by atoms with van der Waals surface area (Å²) in [6, 6.07) is 11.2. The normalized spacial score (nSPS) is 27.2. The highest BCUT2D eigenvalue weighted by Crippen LogP contribution is 2.78. The van der Waals surface area contributed by atoms with Crippen LogP contribution in [0.3, 0.4) is 0 Å². The highest BCUT2D eigenvalue weighted by Gasteiger charge is 2.75. The van der Waals surface area contributed by atoms with Crippen LogP contribution >= 0.6 is 0 Å². The predicted molar refractivity (Wildman–Crippen MR) is 115 cm³/mol. The number of rotatable bonds is 5. The van der Waals surface area contributed by atoms with Gasteiger partial charge in [-0.25, -0.2) is 4.98 Å². The molecule has 0 radical (unpaired) electrons. The molecule has 6 nitrogen and oxygen atoms in total. The van der Waals surface area contributed by atoms with E-state index in [0.29, 0.717) is 24.9 Å². The van der Waals surface area contributed by atoms with Gasteiger partial charge in [0.05, 0.1) is 30.6 Å². The zero-order chi connectivity index (χ0) is 20.9. The number of benzene rings is 1. The molecule has 1 saturated heterocycles. The van der Waals surface area contributed by atoms with Gasteiger partial charge in [-0.05, 0) is 61.6 Å². The van der Waals surface area contributed by atoms with Crippen molar-refractivity contribution in [3.63, 3.8) is 0 Å². The standard InChI is InChI=1S/C24H28N4O2/c1-16(2)28-7-8-30-20(13-28)11-22(29)27-21-10-18-9-19(4-3-17(18)12-26-21)24(15-25)14-23(24)5-6-23/h3-4,9-10,12,16,20H,5-8,11,13-14H2,1-2H3,(H,26,27,29)/t20-,24?/m1/s1. The van der Waals surface area contributed by atoms with Crippen molar-refractivity contribution in [2.75, 3.05) is 25.0 Å². The van der Waals surface area contributed by atoms with Crippen molar-refractivity contribution in [2.45, 2.75) is 57.1 Å². The Kier molecular flexibility index (Phi) is 4.57. The Morgan fingerprint density at radius 3 is 2.90 bits per heavy atom. The number of carbonyl (C=O) groups excluding carboxylic acids is 1. The van der Waals surface area contributed by atoms with Crippen LogP contribution in [0.25, 0.3) is 10.8 Å². The molecule has 0 bridgehead atoms. The summed E-state index contributed by atoms with van der Waals surface area (Å²) in [6.07, 6.45) is 5.31. The molecule has 2 heterocycles. The summed E-state index contributed by atoms with van der Waals surface area (Å²) in [5, 5.41) is 14.8. The lowest BCUT2D eigenvalue weighted by Gasteiger charge is -2.35. The number of amides is 1. The highest BCUT2D eigenvalue weighted by molar-refractivity contribution is 5.93. The summed E-state index contributed by atoms with van der Waals surface area (Å²) >= 11 is 0. The second-order valence-corrected chi connectivity index (χ2v) is 9.44. The number of hydrogen-bond donors (Lipinski definition) is 1. The van der Waals surface area contributed by atoms with Crippen molar-refractivity contribution in [1.82, 2.24) is 9.88 Å². The number of hydrogen-bond acceptors (Lipinski definition) is 5. The summed E-state index contributed by atoms with van der Waals surface area (Å²) in [5.41, 5.74) is 1.03. The van der Waals surface area contributed by atoms with Gasteiger partial charge in [-0.1, -0.05) is 12.1 Å². The monoisotopic (exact) mass is 404 g/mol. The number of pyridine rings is 1. The van der Waals surface area contributed by atoms with Crippen molar-refractivity contribution in [3.8, 4) is 6.07 Å². The number of anilines is 1. The van der Waals surface area contributed by atoms with E-state index in [1.54, 1.807) is 6.20 Å². The van der Waals surface area contributed by atoms with Crippen LogP contribution in [-0.2, 0) is 14.9 Å². The minimum atomic E-state index is -0.311. The fourth-order valence-corrected chi connectivity index (χ4v) is 5.06. The van der Waals surface area contributed by atoms with E-state index in [0.717, 1.165) is 48.7 Å². The first-order valence-electron chi connectivity index (χ1n) is 10.9. The number of nitrogens with zero attached hydrogens (tertiary/aromatic N) is 3. The molecule has 3 aliphatic rings. The number of nitrogens with one attached hydrogen (secondary N) is 1. The van der Waals surface area contributed by atoms with E-state index >= 15 is 0 Å². The van der Waals surface area contributed by atoms with Crippen LogP contribution in [0.1, 0.15) is 45.1 Å². The summed E-state index contributed by atoms with van der Waals surface area (Å²) in [4.78, 5) is 19.3. The fourth-order valence-electron chi connectivity index (χ4n) is 5.06. The van der Waals surface area contributed by atoms with Crippen LogP contribution in [0.5, 0.6) is 0 Å². The molecule has 3 fully saturated rings. The number of nitriles is 1. The van der Waals surface area contributed by atoms with Crippen LogP contribution in [0.15, 0.2) is 30.5 Å². The van der Waals surface area contributed by atoms with Gasteiger partial charge in [0.25, 0.3) is 0 Å². The number of ether oxygens (including phenoxy) is 1. The molecule has 2 atom stereocenters. The third-order valence-electron chi connectivity index (χ3n) is 7.22. The molecular formula is C24H28N4O2. The van der Waals surface area contributed by atoms with E-state index in [9.17, 15) is 10.1 Å². The zero-order valence-corrected chi connectivity index (χ0v) is 17.6. The van der Waals surface area contributed by atoms with Crippen LogP contribution in [0.4, 0.5) is 5.82 Å². The first-order chi connectivity index (χ1) is 14.4. The van der Waals surface area contributed by atoms with Crippen molar-refractivity contribution < 1.29 is 9.53 Å². The van der Waals surface area contributed by atoms with E-state index in [1.807, 2.05) is 12.1 Å². The molecule has 1 unspecified atom stereocenters. The molecule has 1 aliphatic heterocycles. The van der Waals surface area contributed by atoms with Gasteiger partial charge >= 0.3 is 0 Å². The van der Waals surface area contributed by atoms with Gasteiger partial charge in [-0.2, -0.15) is 5.26 Å². The van der Waals surface area contributed by atoms with Crippen molar-refractivity contribution in [3.05, 3.63) is 36.0 Å². The molecule has 2 saturated carbocycles. The maximum Gasteiger partial charge on any atom is 0.228 e. The Morgan fingerprint density at radius 2 is 2.20 bits per heavy atom. The highest BCUT2D eigenvalue weighted by atomic mass is 16.5. The molecule has 1 aromatic carbocycles. The largest absolute Gasteiger partial charge is 0.375 e. The molecule has 5 rings (SSSR count). The smallest absolute Gasteiger partial charge is 0.228 e. The summed E-state index contributed by atoms with van der Waals surface area (Å²) in [7, 11) is 0. The Morgan fingerprint density at radius 1 is 1.37 bits per heavy atom. The molecule has 1 aromatic heterocycles. The molecule has 6 heteroatoms. The lowest BCUT2D eigenvalue weighted by molar-refractivity contribution is -0.121. The molecule has 1 N–H and O–H groups in total. The van der Waals surface area contributed by atoms with Gasteiger partial charge in [0.2, 0.25) is 5.91 Å². The molecule has 1 spiro atoms. The maximum atomic E-state index is 12.6. The SMILES string of the molecule is CC(C)N1CCO[C@H](CC(=O)Nc2cc3cc(C4(C#N)CC45CC5)ccc3cn2)C1. The number of aromatic nitrogens is 1. The van der Waals surface area contributed by atoms with Gasteiger partial charge in [0.15, 0.2) is 0 Å². The third kappa shape index (κ3) is 3.27. The second kappa shape index (κ2) is 7.04. The average molecular weight is 405 g/mol. The van der Waals surface area contributed by atoms with Crippen molar-refractivity contribution in [2.24, 2.45) is 5.41 Å². The topological polar surface area (TPSA) is 78.2 Å². The predicted octanol–water partition coefficient (Wildman–Crippen LogP) is 3.62. The van der Waals surface area contributed by atoms with Gasteiger partial charge in [0, 0.05) is 30.7 Å². The van der Waals surface area contributed by atoms with E-state index in [4.69, 9.17) is 4.74 Å². The van der Waals surface area contributed by atoms with Crippen LogP contribution in [0.2, 0.25) is 0 Å². The fraction of sp³-hybridized carbons (Fsp3) is 0.542. The Labute approximate surface area is 177 Å². The van der Waals surface area contributed by atoms with Gasteiger partial charge in [0.1, 0.15) is 5.82 Å². The average Bonchev–Trinajstić information content (AvgIpc) is 3.65. The molecule has 156 valence electrons. The second-order valence-electron chi connectivity index (χ2n) is 9.44.